The number of hydrogen-bond acceptors (Lipinski definition) is 5. The predicted octanol–water partition coefficient (Wildman–Crippen LogP) is 2.26. The van der Waals surface area contributed by atoms with Crippen LogP contribution in [0.5, 0.6) is 17.2 Å². The fraction of sp³-hybridized carbons (Fsp3) is 0. The summed E-state index contributed by atoms with van der Waals surface area (Å²) in [6.07, 6.45) is 2.71. The molecule has 2 rings (SSSR count). The monoisotopic (exact) mass is 256 g/mol. The molecule has 2 aromatic carbocycles. The number of phenolic OH excluding ortho intramolecular Hbond substituents is 3. The molecule has 0 unspecified atom stereocenters. The Kier molecular flexibility index (Phi) is 3.78. The molecule has 2 aromatic rings. The highest BCUT2D eigenvalue weighted by atomic mass is 16.3. The maximum absolute atomic E-state index is 9.52. The van der Waals surface area contributed by atoms with Crippen molar-refractivity contribution in [1.29, 1.82) is 0 Å². The predicted molar refractivity (Wildman–Crippen MR) is 73.1 cm³/mol. The smallest absolute Gasteiger partial charge is 0.166 e. The molecule has 0 saturated heterocycles. The van der Waals surface area contributed by atoms with Crippen LogP contribution in [0.4, 0.5) is 0 Å². The second kappa shape index (κ2) is 5.68. The number of hydrogen-bond donors (Lipinski definition) is 3. The summed E-state index contributed by atoms with van der Waals surface area (Å²) < 4.78 is 0. The van der Waals surface area contributed by atoms with E-state index in [9.17, 15) is 15.3 Å². The third-order valence-electron chi connectivity index (χ3n) is 2.44. The van der Waals surface area contributed by atoms with E-state index < -0.39 is 0 Å². The second-order valence-electron chi connectivity index (χ2n) is 3.76. The van der Waals surface area contributed by atoms with Gasteiger partial charge in [0.2, 0.25) is 0 Å². The zero-order chi connectivity index (χ0) is 13.7. The maximum Gasteiger partial charge on any atom is 0.166 e. The first kappa shape index (κ1) is 12.6. The number of rotatable bonds is 3. The van der Waals surface area contributed by atoms with E-state index in [1.54, 1.807) is 36.4 Å². The Balaban J connectivity index is 2.12. The lowest BCUT2D eigenvalue weighted by Crippen LogP contribution is -1.83. The molecule has 0 atom stereocenters. The average molecular weight is 256 g/mol. The summed E-state index contributed by atoms with van der Waals surface area (Å²) in [5.41, 5.74) is 0.897. The van der Waals surface area contributed by atoms with E-state index in [4.69, 9.17) is 0 Å². The quantitative estimate of drug-likeness (QED) is 0.447. The number of phenols is 3. The third kappa shape index (κ3) is 3.10. The summed E-state index contributed by atoms with van der Waals surface area (Å²) in [6.45, 7) is 0. The van der Waals surface area contributed by atoms with Crippen LogP contribution in [0.3, 0.4) is 0 Å². The van der Waals surface area contributed by atoms with Gasteiger partial charge < -0.3 is 15.3 Å². The highest BCUT2D eigenvalue weighted by Gasteiger charge is 2.02. The first-order chi connectivity index (χ1) is 9.18. The van der Waals surface area contributed by atoms with Gasteiger partial charge >= 0.3 is 0 Å². The molecule has 0 saturated carbocycles. The molecule has 19 heavy (non-hydrogen) atoms. The summed E-state index contributed by atoms with van der Waals surface area (Å²) in [5, 5.41) is 35.8. The molecule has 0 radical (unpaired) electrons. The fourth-order valence-electron chi connectivity index (χ4n) is 1.44. The standard InChI is InChI=1S/C14H12N2O3/c17-12-6-2-1-4-10(12)8-15-16-9-11-5-3-7-13(18)14(11)19/h1-9,17-19H/b15-8+,16-9+. The lowest BCUT2D eigenvalue weighted by Gasteiger charge is -1.99. The van der Waals surface area contributed by atoms with Crippen LogP contribution in [0.1, 0.15) is 11.1 Å². The van der Waals surface area contributed by atoms with Crippen molar-refractivity contribution in [2.75, 3.05) is 0 Å². The van der Waals surface area contributed by atoms with Crippen molar-refractivity contribution in [3.05, 3.63) is 53.6 Å². The van der Waals surface area contributed by atoms with Gasteiger partial charge in [0.1, 0.15) is 5.75 Å². The van der Waals surface area contributed by atoms with Gasteiger partial charge in [0.05, 0.1) is 12.4 Å². The van der Waals surface area contributed by atoms with Crippen LogP contribution < -0.4 is 0 Å². The van der Waals surface area contributed by atoms with E-state index in [0.29, 0.717) is 11.1 Å². The Labute approximate surface area is 109 Å². The van der Waals surface area contributed by atoms with Gasteiger partial charge in [-0.2, -0.15) is 10.2 Å². The van der Waals surface area contributed by atoms with Gasteiger partial charge in [-0.05, 0) is 24.3 Å². The molecule has 0 amide bonds. The van der Waals surface area contributed by atoms with Gasteiger partial charge in [0.25, 0.3) is 0 Å². The first-order valence-corrected chi connectivity index (χ1v) is 5.54. The zero-order valence-electron chi connectivity index (χ0n) is 9.93. The summed E-state index contributed by atoms with van der Waals surface area (Å²) in [4.78, 5) is 0. The molecule has 0 aromatic heterocycles. The highest BCUT2D eigenvalue weighted by molar-refractivity contribution is 5.86. The van der Waals surface area contributed by atoms with Gasteiger partial charge in [-0.3, -0.25) is 0 Å². The molecule has 3 N–H and O–H groups in total. The number of para-hydroxylation sites is 2. The van der Waals surface area contributed by atoms with Crippen molar-refractivity contribution < 1.29 is 15.3 Å². The van der Waals surface area contributed by atoms with E-state index >= 15 is 0 Å². The highest BCUT2D eigenvalue weighted by Crippen LogP contribution is 2.26. The molecule has 5 heteroatoms. The summed E-state index contributed by atoms with van der Waals surface area (Å²) in [6, 6.07) is 11.3. The van der Waals surface area contributed by atoms with E-state index in [0.717, 1.165) is 0 Å². The Bertz CT molecular complexity index is 636. The molecule has 0 aliphatic rings. The lowest BCUT2D eigenvalue weighted by atomic mass is 10.2. The van der Waals surface area contributed by atoms with Crippen LogP contribution in [-0.4, -0.2) is 27.7 Å². The minimum Gasteiger partial charge on any atom is -0.507 e. The summed E-state index contributed by atoms with van der Waals surface area (Å²) in [7, 11) is 0. The van der Waals surface area contributed by atoms with Crippen LogP contribution in [0.25, 0.3) is 0 Å². The Morgan fingerprint density at radius 2 is 1.26 bits per heavy atom. The van der Waals surface area contributed by atoms with Crippen LogP contribution in [-0.2, 0) is 0 Å². The van der Waals surface area contributed by atoms with Crippen LogP contribution >= 0.6 is 0 Å². The number of nitrogens with zero attached hydrogens (tertiary/aromatic N) is 2. The molecule has 5 nitrogen and oxygen atoms in total. The van der Waals surface area contributed by atoms with E-state index in [1.165, 1.54) is 18.5 Å². The average Bonchev–Trinajstić information content (AvgIpc) is 2.41. The van der Waals surface area contributed by atoms with Crippen molar-refractivity contribution in [1.82, 2.24) is 0 Å². The van der Waals surface area contributed by atoms with Crippen molar-refractivity contribution in [3.8, 4) is 17.2 Å². The molecule has 96 valence electrons. The van der Waals surface area contributed by atoms with E-state index in [1.807, 2.05) is 0 Å². The van der Waals surface area contributed by atoms with Gasteiger partial charge in [-0.25, -0.2) is 0 Å². The molecule has 0 heterocycles. The van der Waals surface area contributed by atoms with Crippen molar-refractivity contribution in [2.45, 2.75) is 0 Å². The molecule has 0 spiro atoms. The van der Waals surface area contributed by atoms with Crippen molar-refractivity contribution in [2.24, 2.45) is 10.2 Å². The largest absolute Gasteiger partial charge is 0.507 e. The summed E-state index contributed by atoms with van der Waals surface area (Å²) in [5.74, 6) is -0.348. The van der Waals surface area contributed by atoms with Crippen molar-refractivity contribution in [3.63, 3.8) is 0 Å². The van der Waals surface area contributed by atoms with Crippen molar-refractivity contribution >= 4 is 12.4 Å². The maximum atomic E-state index is 9.52. The molecular formula is C14H12N2O3. The SMILES string of the molecule is Oc1ccccc1/C=N/N=C/c1cccc(O)c1O. The number of benzene rings is 2. The second-order valence-corrected chi connectivity index (χ2v) is 3.76. The van der Waals surface area contributed by atoms with Crippen LogP contribution in [0.15, 0.2) is 52.7 Å². The molecule has 0 bridgehead atoms. The minimum atomic E-state index is -0.246. The molecule has 0 aliphatic heterocycles. The Morgan fingerprint density at radius 3 is 2.00 bits per heavy atom. The lowest BCUT2D eigenvalue weighted by molar-refractivity contribution is 0.403. The molecular weight excluding hydrogens is 244 g/mol. The van der Waals surface area contributed by atoms with E-state index in [-0.39, 0.29) is 17.2 Å². The van der Waals surface area contributed by atoms with Gasteiger partial charge in [0, 0.05) is 11.1 Å². The first-order valence-electron chi connectivity index (χ1n) is 5.54. The zero-order valence-corrected chi connectivity index (χ0v) is 9.93. The minimum absolute atomic E-state index is 0.113. The molecule has 0 aliphatic carbocycles. The summed E-state index contributed by atoms with van der Waals surface area (Å²) >= 11 is 0. The van der Waals surface area contributed by atoms with Crippen LogP contribution in [0, 0.1) is 0 Å². The van der Waals surface area contributed by atoms with Gasteiger partial charge in [-0.15, -0.1) is 0 Å². The fourth-order valence-corrected chi connectivity index (χ4v) is 1.44. The van der Waals surface area contributed by atoms with E-state index in [2.05, 4.69) is 10.2 Å². The normalized spacial score (nSPS) is 11.4. The van der Waals surface area contributed by atoms with Gasteiger partial charge in [-0.1, -0.05) is 18.2 Å². The molecule has 0 fully saturated rings. The van der Waals surface area contributed by atoms with Crippen LogP contribution in [0.2, 0.25) is 0 Å². The Morgan fingerprint density at radius 1 is 0.684 bits per heavy atom. The third-order valence-corrected chi connectivity index (χ3v) is 2.44. The Hall–Kier alpha value is -2.82. The van der Waals surface area contributed by atoms with Gasteiger partial charge in [0.15, 0.2) is 11.5 Å². The topological polar surface area (TPSA) is 85.4 Å². The number of aromatic hydroxyl groups is 3.